The number of nitrogens with one attached hydrogen (secondary N) is 1. The molecular weight excluding hydrogens is 356 g/mol. The predicted octanol–water partition coefficient (Wildman–Crippen LogP) is 3.09. The minimum atomic E-state index is -0.222. The lowest BCUT2D eigenvalue weighted by molar-refractivity contribution is 0.320. The number of thiophene rings is 1. The Morgan fingerprint density at radius 2 is 1.76 bits per heavy atom. The molecule has 1 aromatic carbocycles. The van der Waals surface area contributed by atoms with Gasteiger partial charge in [0.2, 0.25) is 5.75 Å². The van der Waals surface area contributed by atoms with E-state index in [0.29, 0.717) is 17.2 Å². The first kappa shape index (κ1) is 16.1. The number of hydrogen-bond donors (Lipinski definition) is 2. The van der Waals surface area contributed by atoms with Crippen molar-refractivity contribution in [2.24, 2.45) is 5.84 Å². The van der Waals surface area contributed by atoms with E-state index in [9.17, 15) is 0 Å². The molecule has 1 heterocycles. The molecule has 0 saturated heterocycles. The van der Waals surface area contributed by atoms with E-state index >= 15 is 0 Å². The summed E-state index contributed by atoms with van der Waals surface area (Å²) in [5.41, 5.74) is 4.73. The lowest BCUT2D eigenvalue weighted by Gasteiger charge is -2.21. The Morgan fingerprint density at radius 1 is 1.05 bits per heavy atom. The van der Waals surface area contributed by atoms with Gasteiger partial charge >= 0.3 is 0 Å². The van der Waals surface area contributed by atoms with Crippen molar-refractivity contribution in [3.63, 3.8) is 0 Å². The first-order chi connectivity index (χ1) is 10.2. The number of ether oxygens (including phenoxy) is 3. The molecule has 0 saturated carbocycles. The molecule has 7 heteroatoms. The van der Waals surface area contributed by atoms with Crippen LogP contribution >= 0.6 is 27.3 Å². The van der Waals surface area contributed by atoms with Gasteiger partial charge in [-0.05, 0) is 39.0 Å². The Morgan fingerprint density at radius 3 is 2.24 bits per heavy atom. The van der Waals surface area contributed by atoms with Crippen LogP contribution in [0, 0.1) is 0 Å². The third-order valence-electron chi connectivity index (χ3n) is 3.17. The fourth-order valence-corrected chi connectivity index (χ4v) is 3.75. The third kappa shape index (κ3) is 3.01. The third-order valence-corrected chi connectivity index (χ3v) is 4.92. The molecule has 3 N–H and O–H groups in total. The standard InChI is InChI=1S/C14H17BrN2O3S/c1-18-11-5-4-8(13(19-2)14(11)20-3)12(17-16)9-6-21-7-10(9)15/h4-7,12,17H,16H2,1-3H3. The smallest absolute Gasteiger partial charge is 0.203 e. The summed E-state index contributed by atoms with van der Waals surface area (Å²) in [5.74, 6) is 7.51. The molecule has 2 aromatic rings. The van der Waals surface area contributed by atoms with Gasteiger partial charge in [0.1, 0.15) is 0 Å². The Labute approximate surface area is 136 Å². The molecule has 2 rings (SSSR count). The molecule has 0 amide bonds. The highest BCUT2D eigenvalue weighted by Crippen LogP contribution is 2.44. The van der Waals surface area contributed by atoms with Gasteiger partial charge < -0.3 is 14.2 Å². The van der Waals surface area contributed by atoms with Gasteiger partial charge in [0.05, 0.1) is 27.4 Å². The molecule has 0 spiro atoms. The zero-order valence-corrected chi connectivity index (χ0v) is 14.4. The van der Waals surface area contributed by atoms with E-state index in [0.717, 1.165) is 15.6 Å². The van der Waals surface area contributed by atoms with Crippen LogP contribution in [0.2, 0.25) is 0 Å². The summed E-state index contributed by atoms with van der Waals surface area (Å²) >= 11 is 5.13. The Bertz CT molecular complexity index is 618. The number of hydrogen-bond acceptors (Lipinski definition) is 6. The van der Waals surface area contributed by atoms with Crippen LogP contribution in [0.4, 0.5) is 0 Å². The number of rotatable bonds is 6. The van der Waals surface area contributed by atoms with Crippen LogP contribution in [0.5, 0.6) is 17.2 Å². The molecule has 0 radical (unpaired) electrons. The second-order valence-corrected chi connectivity index (χ2v) is 5.80. The number of hydrazine groups is 1. The fraction of sp³-hybridized carbons (Fsp3) is 0.286. The SMILES string of the molecule is COc1ccc(C(NN)c2cscc2Br)c(OC)c1OC. The molecule has 1 unspecified atom stereocenters. The van der Waals surface area contributed by atoms with Crippen molar-refractivity contribution in [2.45, 2.75) is 6.04 Å². The van der Waals surface area contributed by atoms with Gasteiger partial charge in [-0.3, -0.25) is 5.84 Å². The molecule has 114 valence electrons. The van der Waals surface area contributed by atoms with Crippen molar-refractivity contribution in [1.82, 2.24) is 5.43 Å². The summed E-state index contributed by atoms with van der Waals surface area (Å²) < 4.78 is 17.2. The highest BCUT2D eigenvalue weighted by molar-refractivity contribution is 9.10. The van der Waals surface area contributed by atoms with Gasteiger partial charge in [0.15, 0.2) is 11.5 Å². The van der Waals surface area contributed by atoms with Crippen LogP contribution in [0.15, 0.2) is 27.4 Å². The lowest BCUT2D eigenvalue weighted by atomic mass is 10.00. The van der Waals surface area contributed by atoms with E-state index in [4.69, 9.17) is 20.1 Å². The molecule has 0 aliphatic carbocycles. The Kier molecular flexibility index (Phi) is 5.46. The van der Waals surface area contributed by atoms with Crippen molar-refractivity contribution in [3.05, 3.63) is 38.5 Å². The maximum atomic E-state index is 5.76. The van der Waals surface area contributed by atoms with Gasteiger partial charge in [0, 0.05) is 15.4 Å². The van der Waals surface area contributed by atoms with Gasteiger partial charge in [-0.25, -0.2) is 5.43 Å². The molecular formula is C14H17BrN2O3S. The average Bonchev–Trinajstić information content (AvgIpc) is 2.93. The van der Waals surface area contributed by atoms with Crippen LogP contribution in [-0.2, 0) is 0 Å². The van der Waals surface area contributed by atoms with Crippen molar-refractivity contribution in [2.75, 3.05) is 21.3 Å². The van der Waals surface area contributed by atoms with Crippen LogP contribution in [0.25, 0.3) is 0 Å². The molecule has 0 aliphatic heterocycles. The summed E-state index contributed by atoms with van der Waals surface area (Å²) in [5, 5.41) is 4.04. The van der Waals surface area contributed by atoms with Crippen molar-refractivity contribution in [1.29, 1.82) is 0 Å². The minimum Gasteiger partial charge on any atom is -0.493 e. The zero-order chi connectivity index (χ0) is 15.4. The Balaban J connectivity index is 2.59. The maximum Gasteiger partial charge on any atom is 0.203 e. The molecule has 0 bridgehead atoms. The van der Waals surface area contributed by atoms with Crippen LogP contribution < -0.4 is 25.5 Å². The fourth-order valence-electron chi connectivity index (χ4n) is 2.20. The predicted molar refractivity (Wildman–Crippen MR) is 87.3 cm³/mol. The lowest BCUT2D eigenvalue weighted by Crippen LogP contribution is -2.29. The van der Waals surface area contributed by atoms with Crippen molar-refractivity contribution < 1.29 is 14.2 Å². The first-order valence-electron chi connectivity index (χ1n) is 6.14. The van der Waals surface area contributed by atoms with Gasteiger partial charge in [-0.1, -0.05) is 0 Å². The van der Waals surface area contributed by atoms with Crippen molar-refractivity contribution in [3.8, 4) is 17.2 Å². The van der Waals surface area contributed by atoms with Crippen molar-refractivity contribution >= 4 is 27.3 Å². The minimum absolute atomic E-state index is 0.222. The monoisotopic (exact) mass is 372 g/mol. The summed E-state index contributed by atoms with van der Waals surface area (Å²) in [6.45, 7) is 0. The van der Waals surface area contributed by atoms with E-state index < -0.39 is 0 Å². The van der Waals surface area contributed by atoms with Crippen LogP contribution in [-0.4, -0.2) is 21.3 Å². The molecule has 0 aliphatic rings. The number of benzene rings is 1. The Hall–Kier alpha value is -1.28. The maximum absolute atomic E-state index is 5.76. The summed E-state index contributed by atoms with van der Waals surface area (Å²) in [4.78, 5) is 0. The van der Waals surface area contributed by atoms with E-state index in [2.05, 4.69) is 21.4 Å². The van der Waals surface area contributed by atoms with Gasteiger partial charge in [-0.2, -0.15) is 11.3 Å². The van der Waals surface area contributed by atoms with Crippen LogP contribution in [0.3, 0.4) is 0 Å². The van der Waals surface area contributed by atoms with E-state index in [1.807, 2.05) is 22.9 Å². The molecule has 1 atom stereocenters. The van der Waals surface area contributed by atoms with Gasteiger partial charge in [-0.15, -0.1) is 0 Å². The van der Waals surface area contributed by atoms with E-state index in [1.165, 1.54) is 0 Å². The highest BCUT2D eigenvalue weighted by Gasteiger charge is 2.24. The average molecular weight is 373 g/mol. The van der Waals surface area contributed by atoms with E-state index in [-0.39, 0.29) is 6.04 Å². The molecule has 5 nitrogen and oxygen atoms in total. The quantitative estimate of drug-likeness (QED) is 0.602. The molecule has 21 heavy (non-hydrogen) atoms. The normalized spacial score (nSPS) is 12.0. The highest BCUT2D eigenvalue weighted by atomic mass is 79.9. The second kappa shape index (κ2) is 7.13. The molecule has 0 fully saturated rings. The van der Waals surface area contributed by atoms with Crippen LogP contribution in [0.1, 0.15) is 17.2 Å². The second-order valence-electron chi connectivity index (χ2n) is 4.20. The first-order valence-corrected chi connectivity index (χ1v) is 7.88. The van der Waals surface area contributed by atoms with Gasteiger partial charge in [0.25, 0.3) is 0 Å². The summed E-state index contributed by atoms with van der Waals surface area (Å²) in [6, 6.07) is 3.52. The zero-order valence-electron chi connectivity index (χ0n) is 12.0. The summed E-state index contributed by atoms with van der Waals surface area (Å²) in [6.07, 6.45) is 0. The number of nitrogens with two attached hydrogens (primary N) is 1. The largest absolute Gasteiger partial charge is 0.493 e. The topological polar surface area (TPSA) is 65.7 Å². The number of methoxy groups -OCH3 is 3. The number of halogens is 1. The molecule has 1 aromatic heterocycles. The summed E-state index contributed by atoms with van der Waals surface area (Å²) in [7, 11) is 4.76. The van der Waals surface area contributed by atoms with E-state index in [1.54, 1.807) is 32.7 Å².